The zero-order chi connectivity index (χ0) is 12.7. The first kappa shape index (κ1) is 14.3. The molecular weight excluding hydrogens is 232 g/mol. The van der Waals surface area contributed by atoms with Gasteiger partial charge in [0.05, 0.1) is 0 Å². The Kier molecular flexibility index (Phi) is 6.38. The Labute approximate surface area is 110 Å². The molecule has 0 saturated carbocycles. The summed E-state index contributed by atoms with van der Waals surface area (Å²) in [6.45, 7) is 6.54. The number of nitrogens with one attached hydrogen (secondary N) is 1. The molecule has 3 heteroatoms. The Morgan fingerprint density at radius 2 is 1.94 bits per heavy atom. The van der Waals surface area contributed by atoms with Crippen molar-refractivity contribution in [3.8, 4) is 0 Å². The van der Waals surface area contributed by atoms with Gasteiger partial charge in [0.15, 0.2) is 0 Å². The number of likely N-dealkylation sites (N-methyl/N-ethyl adjacent to an activating group) is 1. The van der Waals surface area contributed by atoms with Crippen LogP contribution in [0, 0.1) is 0 Å². The zero-order valence-electron chi connectivity index (χ0n) is 11.0. The number of rotatable bonds is 7. The maximum atomic E-state index is 5.84. The second-order valence-corrected chi connectivity index (χ2v) is 4.99. The van der Waals surface area contributed by atoms with Crippen molar-refractivity contribution >= 4 is 17.3 Å². The molecule has 0 bridgehead atoms. The molecular formula is C14H23ClN2. The lowest BCUT2D eigenvalue weighted by molar-refractivity contribution is 0.254. The Hall–Kier alpha value is -0.730. The second-order valence-electron chi connectivity index (χ2n) is 4.55. The minimum atomic E-state index is 0.659. The van der Waals surface area contributed by atoms with Crippen LogP contribution in [-0.4, -0.2) is 31.1 Å². The van der Waals surface area contributed by atoms with E-state index in [4.69, 9.17) is 11.6 Å². The van der Waals surface area contributed by atoms with Crippen LogP contribution in [0.3, 0.4) is 0 Å². The third-order valence-electron chi connectivity index (χ3n) is 3.10. The quantitative estimate of drug-likeness (QED) is 0.795. The molecule has 2 nitrogen and oxygen atoms in total. The molecule has 96 valence electrons. The third kappa shape index (κ3) is 5.42. The summed E-state index contributed by atoms with van der Waals surface area (Å²) < 4.78 is 0. The van der Waals surface area contributed by atoms with Gasteiger partial charge in [-0.15, -0.1) is 0 Å². The summed E-state index contributed by atoms with van der Waals surface area (Å²) in [5.41, 5.74) is 1.13. The van der Waals surface area contributed by atoms with Crippen LogP contribution in [0.2, 0.25) is 5.02 Å². The summed E-state index contributed by atoms with van der Waals surface area (Å²) in [5, 5.41) is 4.18. The fourth-order valence-electron chi connectivity index (χ4n) is 1.80. The standard InChI is InChI=1S/C14H23ClN2/c1-4-5-12(2)17(3)11-10-16-14-8-6-13(15)7-9-14/h6-9,12,16H,4-5,10-11H2,1-3H3. The van der Waals surface area contributed by atoms with Crippen molar-refractivity contribution < 1.29 is 0 Å². The summed E-state index contributed by atoms with van der Waals surface area (Å²) in [4.78, 5) is 2.40. The van der Waals surface area contributed by atoms with Crippen LogP contribution in [0.15, 0.2) is 24.3 Å². The van der Waals surface area contributed by atoms with Crippen LogP contribution in [0.25, 0.3) is 0 Å². The van der Waals surface area contributed by atoms with Crippen LogP contribution in [0.4, 0.5) is 5.69 Å². The largest absolute Gasteiger partial charge is 0.384 e. The van der Waals surface area contributed by atoms with Gasteiger partial charge in [-0.2, -0.15) is 0 Å². The van der Waals surface area contributed by atoms with E-state index in [1.54, 1.807) is 0 Å². The predicted molar refractivity (Wildman–Crippen MR) is 76.9 cm³/mol. The summed E-state index contributed by atoms with van der Waals surface area (Å²) in [6.07, 6.45) is 2.51. The Morgan fingerprint density at radius 3 is 2.53 bits per heavy atom. The lowest BCUT2D eigenvalue weighted by Gasteiger charge is -2.24. The van der Waals surface area contributed by atoms with E-state index in [-0.39, 0.29) is 0 Å². The van der Waals surface area contributed by atoms with E-state index < -0.39 is 0 Å². The Balaban J connectivity index is 2.25. The van der Waals surface area contributed by atoms with Crippen molar-refractivity contribution in [1.82, 2.24) is 4.90 Å². The Morgan fingerprint density at radius 1 is 1.29 bits per heavy atom. The van der Waals surface area contributed by atoms with Gasteiger partial charge in [0.25, 0.3) is 0 Å². The van der Waals surface area contributed by atoms with Gasteiger partial charge in [-0.25, -0.2) is 0 Å². The molecule has 1 aromatic rings. The molecule has 1 unspecified atom stereocenters. The molecule has 0 amide bonds. The van der Waals surface area contributed by atoms with Crippen LogP contribution >= 0.6 is 11.6 Å². The monoisotopic (exact) mass is 254 g/mol. The lowest BCUT2D eigenvalue weighted by Crippen LogP contribution is -2.33. The molecule has 1 N–H and O–H groups in total. The van der Waals surface area contributed by atoms with Crippen molar-refractivity contribution in [2.75, 3.05) is 25.5 Å². The summed E-state index contributed by atoms with van der Waals surface area (Å²) in [6, 6.07) is 8.50. The van der Waals surface area contributed by atoms with E-state index in [1.807, 2.05) is 24.3 Å². The fourth-order valence-corrected chi connectivity index (χ4v) is 1.93. The molecule has 0 aliphatic rings. The number of hydrogen-bond acceptors (Lipinski definition) is 2. The first-order chi connectivity index (χ1) is 8.13. The third-order valence-corrected chi connectivity index (χ3v) is 3.35. The SMILES string of the molecule is CCCC(C)N(C)CCNc1ccc(Cl)cc1. The smallest absolute Gasteiger partial charge is 0.0407 e. The summed E-state index contributed by atoms with van der Waals surface area (Å²) in [5.74, 6) is 0. The van der Waals surface area contributed by atoms with Gasteiger partial charge in [-0.3, -0.25) is 0 Å². The first-order valence-corrected chi connectivity index (χ1v) is 6.71. The van der Waals surface area contributed by atoms with Gasteiger partial charge in [0.2, 0.25) is 0 Å². The topological polar surface area (TPSA) is 15.3 Å². The summed E-state index contributed by atoms with van der Waals surface area (Å²) in [7, 11) is 2.18. The zero-order valence-corrected chi connectivity index (χ0v) is 11.8. The van der Waals surface area contributed by atoms with Crippen molar-refractivity contribution in [2.45, 2.75) is 32.7 Å². The molecule has 0 aromatic heterocycles. The Bertz CT molecular complexity index is 311. The molecule has 1 rings (SSSR count). The molecule has 1 atom stereocenters. The van der Waals surface area contributed by atoms with E-state index in [9.17, 15) is 0 Å². The molecule has 0 aliphatic carbocycles. The van der Waals surface area contributed by atoms with Gasteiger partial charge in [-0.1, -0.05) is 24.9 Å². The van der Waals surface area contributed by atoms with E-state index in [1.165, 1.54) is 12.8 Å². The minimum Gasteiger partial charge on any atom is -0.384 e. The second kappa shape index (κ2) is 7.57. The molecule has 0 heterocycles. The highest BCUT2D eigenvalue weighted by Crippen LogP contribution is 2.13. The van der Waals surface area contributed by atoms with E-state index >= 15 is 0 Å². The molecule has 0 aliphatic heterocycles. The highest BCUT2D eigenvalue weighted by molar-refractivity contribution is 6.30. The molecule has 0 spiro atoms. The highest BCUT2D eigenvalue weighted by Gasteiger charge is 2.06. The van der Waals surface area contributed by atoms with Crippen molar-refractivity contribution in [1.29, 1.82) is 0 Å². The van der Waals surface area contributed by atoms with Crippen LogP contribution in [-0.2, 0) is 0 Å². The van der Waals surface area contributed by atoms with Gasteiger partial charge >= 0.3 is 0 Å². The average Bonchev–Trinajstić information content (AvgIpc) is 2.32. The van der Waals surface area contributed by atoms with Gasteiger partial charge < -0.3 is 10.2 Å². The first-order valence-electron chi connectivity index (χ1n) is 6.33. The van der Waals surface area contributed by atoms with Crippen LogP contribution in [0.1, 0.15) is 26.7 Å². The highest BCUT2D eigenvalue weighted by atomic mass is 35.5. The lowest BCUT2D eigenvalue weighted by atomic mass is 10.2. The van der Waals surface area contributed by atoms with Gasteiger partial charge in [0.1, 0.15) is 0 Å². The number of halogens is 1. The maximum absolute atomic E-state index is 5.84. The van der Waals surface area contributed by atoms with Crippen LogP contribution in [0.5, 0.6) is 0 Å². The fraction of sp³-hybridized carbons (Fsp3) is 0.571. The van der Waals surface area contributed by atoms with Crippen LogP contribution < -0.4 is 5.32 Å². The van der Waals surface area contributed by atoms with Crippen molar-refractivity contribution in [2.24, 2.45) is 0 Å². The van der Waals surface area contributed by atoms with E-state index in [2.05, 4.69) is 31.1 Å². The molecule has 17 heavy (non-hydrogen) atoms. The number of nitrogens with zero attached hydrogens (tertiary/aromatic N) is 1. The molecule has 0 fully saturated rings. The van der Waals surface area contributed by atoms with Gasteiger partial charge in [-0.05, 0) is 44.7 Å². The minimum absolute atomic E-state index is 0.659. The van der Waals surface area contributed by atoms with E-state index in [0.29, 0.717) is 6.04 Å². The molecule has 1 aromatic carbocycles. The molecule has 0 radical (unpaired) electrons. The molecule has 0 saturated heterocycles. The average molecular weight is 255 g/mol. The number of benzene rings is 1. The van der Waals surface area contributed by atoms with Crippen molar-refractivity contribution in [3.05, 3.63) is 29.3 Å². The van der Waals surface area contributed by atoms with E-state index in [0.717, 1.165) is 23.8 Å². The maximum Gasteiger partial charge on any atom is 0.0407 e. The number of hydrogen-bond donors (Lipinski definition) is 1. The van der Waals surface area contributed by atoms with Gasteiger partial charge in [0, 0.05) is 29.8 Å². The normalized spacial score (nSPS) is 12.8. The van der Waals surface area contributed by atoms with Crippen molar-refractivity contribution in [3.63, 3.8) is 0 Å². The predicted octanol–water partition coefficient (Wildman–Crippen LogP) is 3.87. The number of anilines is 1. The summed E-state index contributed by atoms with van der Waals surface area (Å²) >= 11 is 5.84.